The molecule has 0 fully saturated rings. The molecule has 1 amide bonds. The van der Waals surface area contributed by atoms with Gasteiger partial charge >= 0.3 is 12.1 Å². The average molecular weight is 378 g/mol. The summed E-state index contributed by atoms with van der Waals surface area (Å²) in [6.07, 6.45) is -3.09. The van der Waals surface area contributed by atoms with Crippen molar-refractivity contribution in [3.63, 3.8) is 0 Å². The molecule has 140 valence electrons. The Morgan fingerprint density at radius 3 is 2.63 bits per heavy atom. The number of esters is 1. The van der Waals surface area contributed by atoms with Gasteiger partial charge in [0.2, 0.25) is 0 Å². The van der Waals surface area contributed by atoms with E-state index in [4.69, 9.17) is 9.15 Å². The van der Waals surface area contributed by atoms with Crippen LogP contribution in [0.3, 0.4) is 0 Å². The van der Waals surface area contributed by atoms with E-state index in [9.17, 15) is 22.8 Å². The fourth-order valence-electron chi connectivity index (χ4n) is 2.35. The van der Waals surface area contributed by atoms with Crippen molar-refractivity contribution in [2.45, 2.75) is 6.18 Å². The normalized spacial score (nSPS) is 11.4. The number of furan rings is 1. The average Bonchev–Trinajstić information content (AvgIpc) is 3.17. The van der Waals surface area contributed by atoms with Gasteiger partial charge in [-0.1, -0.05) is 18.2 Å². The van der Waals surface area contributed by atoms with Crippen molar-refractivity contribution in [2.24, 2.45) is 0 Å². The van der Waals surface area contributed by atoms with Gasteiger partial charge in [-0.15, -0.1) is 0 Å². The van der Waals surface area contributed by atoms with Crippen LogP contribution in [0.5, 0.6) is 0 Å². The molecule has 2 aromatic heterocycles. The number of aromatic nitrogens is 1. The van der Waals surface area contributed by atoms with Crippen molar-refractivity contribution < 1.29 is 31.9 Å². The lowest BCUT2D eigenvalue weighted by Gasteiger charge is -2.10. The number of carbonyl (C=O) groups is 2. The van der Waals surface area contributed by atoms with Crippen LogP contribution in [-0.4, -0.2) is 36.2 Å². The minimum absolute atomic E-state index is 0.121. The number of ether oxygens (including phenoxy) is 1. The summed E-state index contributed by atoms with van der Waals surface area (Å²) in [6, 6.07) is 11.5. The Morgan fingerprint density at radius 1 is 1.15 bits per heavy atom. The van der Waals surface area contributed by atoms with Crippen molar-refractivity contribution in [1.82, 2.24) is 10.3 Å². The summed E-state index contributed by atoms with van der Waals surface area (Å²) in [4.78, 5) is 28.2. The van der Waals surface area contributed by atoms with Crippen molar-refractivity contribution in [2.75, 3.05) is 13.2 Å². The highest BCUT2D eigenvalue weighted by molar-refractivity contribution is 6.05. The Balaban J connectivity index is 1.80. The maximum Gasteiger partial charge on any atom is 0.405 e. The van der Waals surface area contributed by atoms with E-state index in [-0.39, 0.29) is 5.56 Å². The number of alkyl halides is 3. The molecule has 27 heavy (non-hydrogen) atoms. The van der Waals surface area contributed by atoms with Gasteiger partial charge in [-0.2, -0.15) is 13.2 Å². The number of pyridine rings is 1. The molecule has 0 atom stereocenters. The van der Waals surface area contributed by atoms with Gasteiger partial charge in [0.25, 0.3) is 5.91 Å². The molecule has 0 radical (unpaired) electrons. The highest BCUT2D eigenvalue weighted by Gasteiger charge is 2.28. The maximum atomic E-state index is 12.4. The minimum atomic E-state index is -4.54. The lowest BCUT2D eigenvalue weighted by atomic mass is 10.1. The highest BCUT2D eigenvalue weighted by Crippen LogP contribution is 2.25. The van der Waals surface area contributed by atoms with Crippen LogP contribution in [0.2, 0.25) is 0 Å². The van der Waals surface area contributed by atoms with E-state index in [0.29, 0.717) is 22.4 Å². The van der Waals surface area contributed by atoms with Crippen LogP contribution in [0.15, 0.2) is 53.1 Å². The quantitative estimate of drug-likeness (QED) is 0.689. The Bertz CT molecular complexity index is 968. The van der Waals surface area contributed by atoms with E-state index in [2.05, 4.69) is 4.98 Å². The Kier molecular flexibility index (Phi) is 5.11. The van der Waals surface area contributed by atoms with Gasteiger partial charge in [-0.05, 0) is 24.3 Å². The van der Waals surface area contributed by atoms with E-state index < -0.39 is 31.2 Å². The third-order valence-electron chi connectivity index (χ3n) is 3.53. The smallest absolute Gasteiger partial charge is 0.405 e. The highest BCUT2D eigenvalue weighted by atomic mass is 19.4. The number of rotatable bonds is 5. The van der Waals surface area contributed by atoms with Crippen LogP contribution in [0.1, 0.15) is 10.4 Å². The van der Waals surface area contributed by atoms with E-state index in [1.54, 1.807) is 41.7 Å². The molecular formula is C18H13F3N2O4. The summed E-state index contributed by atoms with van der Waals surface area (Å²) in [7, 11) is 0. The second-order valence-electron chi connectivity index (χ2n) is 5.52. The molecule has 2 heterocycles. The number of amides is 1. The van der Waals surface area contributed by atoms with Gasteiger partial charge in [-0.3, -0.25) is 4.79 Å². The molecule has 0 aliphatic carbocycles. The fourth-order valence-corrected chi connectivity index (χ4v) is 2.35. The predicted octanol–water partition coefficient (Wildman–Crippen LogP) is 3.33. The maximum absolute atomic E-state index is 12.4. The predicted molar refractivity (Wildman–Crippen MR) is 88.8 cm³/mol. The zero-order valence-corrected chi connectivity index (χ0v) is 13.7. The molecule has 1 aromatic carbocycles. The monoisotopic (exact) mass is 378 g/mol. The van der Waals surface area contributed by atoms with Crippen molar-refractivity contribution in [3.8, 4) is 11.5 Å². The Morgan fingerprint density at radius 2 is 1.93 bits per heavy atom. The first-order valence-electron chi connectivity index (χ1n) is 7.78. The van der Waals surface area contributed by atoms with E-state index in [1.165, 1.54) is 12.3 Å². The number of hydrogen-bond donors (Lipinski definition) is 1. The Hall–Kier alpha value is -3.36. The van der Waals surface area contributed by atoms with Gasteiger partial charge in [0.1, 0.15) is 12.2 Å². The van der Waals surface area contributed by atoms with Crippen LogP contribution in [0.25, 0.3) is 22.4 Å². The number of hydrogen-bond acceptors (Lipinski definition) is 5. The molecule has 0 unspecified atom stereocenters. The van der Waals surface area contributed by atoms with Gasteiger partial charge in [0.05, 0.1) is 17.3 Å². The second-order valence-corrected chi connectivity index (χ2v) is 5.52. The third-order valence-corrected chi connectivity index (χ3v) is 3.53. The van der Waals surface area contributed by atoms with Crippen LogP contribution in [0.4, 0.5) is 13.2 Å². The molecule has 3 rings (SSSR count). The molecule has 0 saturated carbocycles. The van der Waals surface area contributed by atoms with Crippen molar-refractivity contribution >= 4 is 22.8 Å². The first-order chi connectivity index (χ1) is 12.8. The lowest BCUT2D eigenvalue weighted by Crippen LogP contribution is -2.36. The second kappa shape index (κ2) is 7.48. The topological polar surface area (TPSA) is 81.4 Å². The number of carbonyl (C=O) groups excluding carboxylic acids is 2. The SMILES string of the molecule is O=C(COC(=O)c1cc(-c2ccco2)nc2ccccc12)NCC(F)(F)F. The minimum Gasteiger partial charge on any atom is -0.463 e. The van der Waals surface area contributed by atoms with Gasteiger partial charge < -0.3 is 14.5 Å². The van der Waals surface area contributed by atoms with Crippen LogP contribution in [-0.2, 0) is 9.53 Å². The van der Waals surface area contributed by atoms with E-state index >= 15 is 0 Å². The lowest BCUT2D eigenvalue weighted by molar-refractivity contribution is -0.140. The fraction of sp³-hybridized carbons (Fsp3) is 0.167. The summed E-state index contributed by atoms with van der Waals surface area (Å²) >= 11 is 0. The summed E-state index contributed by atoms with van der Waals surface area (Å²) in [5.41, 5.74) is 1.00. The first kappa shape index (κ1) is 18.4. The summed E-state index contributed by atoms with van der Waals surface area (Å²) < 4.78 is 46.4. The van der Waals surface area contributed by atoms with Gasteiger partial charge in [0, 0.05) is 5.39 Å². The zero-order chi connectivity index (χ0) is 19.4. The summed E-state index contributed by atoms with van der Waals surface area (Å²) in [5, 5.41) is 2.11. The first-order valence-corrected chi connectivity index (χ1v) is 7.78. The molecule has 9 heteroatoms. The molecule has 0 aliphatic heterocycles. The van der Waals surface area contributed by atoms with E-state index in [1.807, 2.05) is 0 Å². The molecule has 0 saturated heterocycles. The van der Waals surface area contributed by atoms with E-state index in [0.717, 1.165) is 0 Å². The number of nitrogens with one attached hydrogen (secondary N) is 1. The molecule has 0 aliphatic rings. The molecular weight excluding hydrogens is 365 g/mol. The molecule has 6 nitrogen and oxygen atoms in total. The van der Waals surface area contributed by atoms with Crippen LogP contribution >= 0.6 is 0 Å². The molecule has 1 N–H and O–H groups in total. The molecule has 0 bridgehead atoms. The number of para-hydroxylation sites is 1. The Labute approximate surface area is 150 Å². The summed E-state index contributed by atoms with van der Waals surface area (Å²) in [5.74, 6) is -1.48. The summed E-state index contributed by atoms with van der Waals surface area (Å²) in [6.45, 7) is -2.33. The van der Waals surface area contributed by atoms with Gasteiger partial charge in [-0.25, -0.2) is 9.78 Å². The molecule has 0 spiro atoms. The number of benzene rings is 1. The zero-order valence-electron chi connectivity index (χ0n) is 13.7. The largest absolute Gasteiger partial charge is 0.463 e. The number of nitrogens with zero attached hydrogens (tertiary/aromatic N) is 1. The molecule has 3 aromatic rings. The van der Waals surface area contributed by atoms with Crippen LogP contribution < -0.4 is 5.32 Å². The van der Waals surface area contributed by atoms with Crippen molar-refractivity contribution in [3.05, 3.63) is 54.3 Å². The van der Waals surface area contributed by atoms with Crippen LogP contribution in [0, 0.1) is 0 Å². The van der Waals surface area contributed by atoms with Gasteiger partial charge in [0.15, 0.2) is 12.4 Å². The third kappa shape index (κ3) is 4.63. The number of fused-ring (bicyclic) bond motifs is 1. The standard InChI is InChI=1S/C18H13F3N2O4/c19-18(20,21)10-22-16(24)9-27-17(25)12-8-14(15-6-3-7-26-15)23-13-5-2-1-4-11(12)13/h1-8H,9-10H2,(H,22,24). The number of halogens is 3. The van der Waals surface area contributed by atoms with Crippen molar-refractivity contribution in [1.29, 1.82) is 0 Å².